The second-order valence-corrected chi connectivity index (χ2v) is 11.6. The molecule has 194 valence electrons. The van der Waals surface area contributed by atoms with Crippen LogP contribution >= 0.6 is 0 Å². The standard InChI is InChI=1S/C28H35F2N3O3/c1-18-31-23-17-32(26(35)36-21-9-12-27(2,3)13-10-21)14-11-22(23)25(34)33(18)24(19-7-5-4-6-8-19)20-15-28(29,30)16-20/h4-8,20-21,24H,9-17H2,1-3H3. The number of benzene rings is 1. The molecule has 6 nitrogen and oxygen atoms in total. The van der Waals surface area contributed by atoms with Crippen molar-refractivity contribution in [3.8, 4) is 0 Å². The summed E-state index contributed by atoms with van der Waals surface area (Å²) >= 11 is 0. The minimum atomic E-state index is -2.69. The molecule has 0 spiro atoms. The molecule has 1 atom stereocenters. The Bertz CT molecular complexity index is 1180. The zero-order chi connectivity index (χ0) is 25.7. The summed E-state index contributed by atoms with van der Waals surface area (Å²) in [7, 11) is 0. The fourth-order valence-corrected chi connectivity index (χ4v) is 6.03. The van der Waals surface area contributed by atoms with Crippen molar-refractivity contribution in [2.45, 2.75) is 90.3 Å². The zero-order valence-corrected chi connectivity index (χ0v) is 21.3. The van der Waals surface area contributed by atoms with Crippen molar-refractivity contribution in [2.24, 2.45) is 11.3 Å². The molecule has 2 aromatic rings. The number of carbonyl (C=O) groups is 1. The first-order valence-corrected chi connectivity index (χ1v) is 13.0. The average molecular weight is 500 g/mol. The fraction of sp³-hybridized carbons (Fsp3) is 0.607. The van der Waals surface area contributed by atoms with E-state index in [2.05, 4.69) is 13.8 Å². The number of amides is 1. The lowest BCUT2D eigenvalue weighted by Crippen LogP contribution is -2.46. The highest BCUT2D eigenvalue weighted by Crippen LogP contribution is 2.49. The summed E-state index contributed by atoms with van der Waals surface area (Å²) in [4.78, 5) is 32.9. The van der Waals surface area contributed by atoms with Crippen LogP contribution in [0.5, 0.6) is 0 Å². The lowest BCUT2D eigenvalue weighted by atomic mass is 9.74. The third kappa shape index (κ3) is 4.91. The predicted molar refractivity (Wildman–Crippen MR) is 132 cm³/mol. The van der Waals surface area contributed by atoms with Crippen molar-refractivity contribution in [2.75, 3.05) is 6.54 Å². The van der Waals surface area contributed by atoms with E-state index in [0.29, 0.717) is 35.5 Å². The number of hydrogen-bond donors (Lipinski definition) is 0. The molecule has 0 saturated heterocycles. The number of aryl methyl sites for hydroxylation is 1. The van der Waals surface area contributed by atoms with Crippen LogP contribution in [0, 0.1) is 18.3 Å². The van der Waals surface area contributed by atoms with E-state index in [-0.39, 0.29) is 43.1 Å². The number of fused-ring (bicyclic) bond motifs is 1. The number of halogens is 2. The number of nitrogens with zero attached hydrogens (tertiary/aromatic N) is 3. The van der Waals surface area contributed by atoms with Gasteiger partial charge in [0, 0.05) is 24.9 Å². The van der Waals surface area contributed by atoms with E-state index in [4.69, 9.17) is 9.72 Å². The van der Waals surface area contributed by atoms with Crippen LogP contribution in [0.1, 0.15) is 81.1 Å². The quantitative estimate of drug-likeness (QED) is 0.545. The van der Waals surface area contributed by atoms with Crippen LogP contribution in [0.25, 0.3) is 0 Å². The van der Waals surface area contributed by atoms with Crippen molar-refractivity contribution in [3.63, 3.8) is 0 Å². The molecule has 2 fully saturated rings. The van der Waals surface area contributed by atoms with Crippen LogP contribution < -0.4 is 5.56 Å². The predicted octanol–water partition coefficient (Wildman–Crippen LogP) is 5.65. The maximum absolute atomic E-state index is 13.8. The van der Waals surface area contributed by atoms with E-state index >= 15 is 0 Å². The smallest absolute Gasteiger partial charge is 0.410 e. The molecule has 1 amide bonds. The summed E-state index contributed by atoms with van der Waals surface area (Å²) in [6.45, 7) is 6.83. The lowest BCUT2D eigenvalue weighted by Gasteiger charge is -2.41. The van der Waals surface area contributed by atoms with Gasteiger partial charge in [0.2, 0.25) is 5.92 Å². The minimum Gasteiger partial charge on any atom is -0.446 e. The topological polar surface area (TPSA) is 64.4 Å². The Morgan fingerprint density at radius 2 is 1.81 bits per heavy atom. The summed E-state index contributed by atoms with van der Waals surface area (Å²) in [6, 6.07) is 8.88. The normalized spacial score (nSPS) is 22.4. The second-order valence-electron chi connectivity index (χ2n) is 11.6. The van der Waals surface area contributed by atoms with Gasteiger partial charge in [0.15, 0.2) is 0 Å². The van der Waals surface area contributed by atoms with Gasteiger partial charge in [-0.3, -0.25) is 9.36 Å². The molecular formula is C28H35F2N3O3. The van der Waals surface area contributed by atoms with Crippen LogP contribution in [-0.4, -0.2) is 39.1 Å². The van der Waals surface area contributed by atoms with Gasteiger partial charge in [0.25, 0.3) is 5.56 Å². The Kier molecular flexibility index (Phi) is 6.41. The highest BCUT2D eigenvalue weighted by Gasteiger charge is 2.50. The zero-order valence-electron chi connectivity index (χ0n) is 21.3. The van der Waals surface area contributed by atoms with Crippen LogP contribution in [0.3, 0.4) is 0 Å². The van der Waals surface area contributed by atoms with E-state index in [1.54, 1.807) is 16.4 Å². The molecule has 2 aliphatic carbocycles. The molecule has 5 rings (SSSR count). The number of aromatic nitrogens is 2. The third-order valence-electron chi connectivity index (χ3n) is 8.24. The number of carbonyl (C=O) groups excluding carboxylic acids is 1. The summed E-state index contributed by atoms with van der Waals surface area (Å²) in [5.74, 6) is -2.55. The Morgan fingerprint density at radius 1 is 1.14 bits per heavy atom. The fourth-order valence-electron chi connectivity index (χ4n) is 6.03. The first-order chi connectivity index (χ1) is 17.0. The first-order valence-electron chi connectivity index (χ1n) is 13.0. The molecule has 2 heterocycles. The highest BCUT2D eigenvalue weighted by molar-refractivity contribution is 5.68. The Labute approximate surface area is 210 Å². The van der Waals surface area contributed by atoms with Crippen LogP contribution in [-0.2, 0) is 17.7 Å². The molecule has 0 bridgehead atoms. The number of rotatable bonds is 4. The summed E-state index contributed by atoms with van der Waals surface area (Å²) < 4.78 is 35.1. The molecule has 3 aliphatic rings. The number of ether oxygens (including phenoxy) is 1. The van der Waals surface area contributed by atoms with Gasteiger partial charge in [-0.05, 0) is 55.9 Å². The SMILES string of the molecule is Cc1nc2c(c(=O)n1C(c1ccccc1)C1CC(F)(F)C1)CCN(C(=O)OC1CCC(C)(C)CC1)C2. The van der Waals surface area contributed by atoms with E-state index in [1.165, 1.54) is 0 Å². The molecule has 1 aromatic carbocycles. The Hall–Kier alpha value is -2.77. The Balaban J connectivity index is 1.37. The highest BCUT2D eigenvalue weighted by atomic mass is 19.3. The van der Waals surface area contributed by atoms with Gasteiger partial charge in [-0.2, -0.15) is 0 Å². The van der Waals surface area contributed by atoms with E-state index in [9.17, 15) is 18.4 Å². The van der Waals surface area contributed by atoms with Gasteiger partial charge < -0.3 is 9.64 Å². The van der Waals surface area contributed by atoms with Gasteiger partial charge >= 0.3 is 6.09 Å². The van der Waals surface area contributed by atoms with Crippen molar-refractivity contribution < 1.29 is 18.3 Å². The lowest BCUT2D eigenvalue weighted by molar-refractivity contribution is -0.120. The van der Waals surface area contributed by atoms with E-state index in [0.717, 1.165) is 31.2 Å². The van der Waals surface area contributed by atoms with Gasteiger partial charge in [0.1, 0.15) is 11.9 Å². The summed E-state index contributed by atoms with van der Waals surface area (Å²) in [5.41, 5.74) is 2.08. The van der Waals surface area contributed by atoms with Gasteiger partial charge in [-0.25, -0.2) is 18.6 Å². The molecular weight excluding hydrogens is 464 g/mol. The van der Waals surface area contributed by atoms with Gasteiger partial charge in [0.05, 0.1) is 18.3 Å². The largest absolute Gasteiger partial charge is 0.446 e. The van der Waals surface area contributed by atoms with Gasteiger partial charge in [-0.15, -0.1) is 0 Å². The van der Waals surface area contributed by atoms with E-state index in [1.807, 2.05) is 30.3 Å². The van der Waals surface area contributed by atoms with Crippen LogP contribution in [0.2, 0.25) is 0 Å². The van der Waals surface area contributed by atoms with Crippen molar-refractivity contribution in [1.82, 2.24) is 14.5 Å². The average Bonchev–Trinajstić information content (AvgIpc) is 2.81. The monoisotopic (exact) mass is 499 g/mol. The molecule has 36 heavy (non-hydrogen) atoms. The van der Waals surface area contributed by atoms with Gasteiger partial charge in [-0.1, -0.05) is 44.2 Å². The molecule has 1 aliphatic heterocycles. The molecule has 1 unspecified atom stereocenters. The molecule has 0 radical (unpaired) electrons. The molecule has 2 saturated carbocycles. The van der Waals surface area contributed by atoms with E-state index < -0.39 is 12.0 Å². The molecule has 0 N–H and O–H groups in total. The van der Waals surface area contributed by atoms with Crippen molar-refractivity contribution in [1.29, 1.82) is 0 Å². The maximum atomic E-state index is 13.8. The number of hydrogen-bond acceptors (Lipinski definition) is 4. The number of alkyl halides is 2. The second kappa shape index (κ2) is 9.27. The third-order valence-corrected chi connectivity index (χ3v) is 8.24. The molecule has 1 aromatic heterocycles. The van der Waals surface area contributed by atoms with Crippen LogP contribution in [0.15, 0.2) is 35.1 Å². The molecule has 8 heteroatoms. The minimum absolute atomic E-state index is 0.0677. The summed E-state index contributed by atoms with van der Waals surface area (Å²) in [5, 5.41) is 0. The Morgan fingerprint density at radius 3 is 2.44 bits per heavy atom. The van der Waals surface area contributed by atoms with Crippen LogP contribution in [0.4, 0.5) is 13.6 Å². The summed E-state index contributed by atoms with van der Waals surface area (Å²) in [6.07, 6.45) is 3.26. The first kappa shape index (κ1) is 24.9. The van der Waals surface area contributed by atoms with Crippen molar-refractivity contribution in [3.05, 3.63) is 63.3 Å². The van der Waals surface area contributed by atoms with Crippen molar-refractivity contribution >= 4 is 6.09 Å². The maximum Gasteiger partial charge on any atom is 0.410 e.